The van der Waals surface area contributed by atoms with E-state index in [1.54, 1.807) is 12.1 Å². The lowest BCUT2D eigenvalue weighted by Crippen LogP contribution is -2.35. The first kappa shape index (κ1) is 31.0. The van der Waals surface area contributed by atoms with Gasteiger partial charge in [0.2, 0.25) is 0 Å². The van der Waals surface area contributed by atoms with Crippen LogP contribution in [0, 0.1) is 13.8 Å². The van der Waals surface area contributed by atoms with Gasteiger partial charge in [-0.3, -0.25) is 24.3 Å². The maximum absolute atomic E-state index is 11.9. The number of benzene rings is 3. The second-order valence-electron chi connectivity index (χ2n) is 11.4. The van der Waals surface area contributed by atoms with Gasteiger partial charge in [0.15, 0.2) is 0 Å². The number of hydrogen-bond donors (Lipinski definition) is 4. The van der Waals surface area contributed by atoms with Crippen LogP contribution in [-0.2, 0) is 19.6 Å². The van der Waals surface area contributed by atoms with Crippen LogP contribution in [0.3, 0.4) is 0 Å². The molecule has 9 heteroatoms. The maximum atomic E-state index is 11.9. The number of hydrogen-bond acceptors (Lipinski definition) is 7. The Morgan fingerprint density at radius 2 is 1.05 bits per heavy atom. The molecule has 0 aliphatic carbocycles. The van der Waals surface area contributed by atoms with E-state index in [1.165, 1.54) is 5.56 Å². The van der Waals surface area contributed by atoms with Crippen molar-refractivity contribution in [2.24, 2.45) is 11.5 Å². The molecule has 1 heterocycles. The molecule has 0 unspecified atom stereocenters. The first-order valence-corrected chi connectivity index (χ1v) is 14.6. The Morgan fingerprint density at radius 1 is 0.643 bits per heavy atom. The summed E-state index contributed by atoms with van der Waals surface area (Å²) < 4.78 is 0. The largest absolute Gasteiger partial charge is 0.507 e. The van der Waals surface area contributed by atoms with Gasteiger partial charge in [-0.05, 0) is 81.7 Å². The van der Waals surface area contributed by atoms with Gasteiger partial charge in [0.05, 0.1) is 11.1 Å². The zero-order chi connectivity index (χ0) is 30.2. The number of carbonyl (C=O) groups is 2. The van der Waals surface area contributed by atoms with E-state index in [-0.39, 0.29) is 22.6 Å². The topological polar surface area (TPSA) is 136 Å². The van der Waals surface area contributed by atoms with Gasteiger partial charge < -0.3 is 21.7 Å². The van der Waals surface area contributed by atoms with Gasteiger partial charge in [0.25, 0.3) is 11.8 Å². The molecule has 0 atom stereocenters. The second kappa shape index (κ2) is 14.3. The zero-order valence-electron chi connectivity index (χ0n) is 24.7. The van der Waals surface area contributed by atoms with Crippen LogP contribution in [0.25, 0.3) is 0 Å². The maximum Gasteiger partial charge on any atom is 0.252 e. The Balaban J connectivity index is 1.56. The summed E-state index contributed by atoms with van der Waals surface area (Å²) in [7, 11) is 0. The molecule has 0 bridgehead atoms. The Hall–Kier alpha value is -3.92. The monoisotopic (exact) mass is 573 g/mol. The average Bonchev–Trinajstić information content (AvgIpc) is 2.98. The number of rotatable bonds is 8. The number of nitrogens with two attached hydrogens (primary N) is 2. The van der Waals surface area contributed by atoms with Crippen molar-refractivity contribution in [3.8, 4) is 11.5 Å². The molecule has 1 aliphatic heterocycles. The van der Waals surface area contributed by atoms with Gasteiger partial charge in [-0.25, -0.2) is 0 Å². The number of primary amides is 2. The molecule has 4 rings (SSSR count). The van der Waals surface area contributed by atoms with Gasteiger partial charge in [0, 0.05) is 43.9 Å². The molecule has 2 amide bonds. The fraction of sp³-hybridized carbons (Fsp3) is 0.394. The predicted molar refractivity (Wildman–Crippen MR) is 164 cm³/mol. The molecule has 1 aliphatic rings. The van der Waals surface area contributed by atoms with Crippen molar-refractivity contribution in [1.82, 2.24) is 14.7 Å². The van der Waals surface area contributed by atoms with Crippen molar-refractivity contribution in [3.63, 3.8) is 0 Å². The summed E-state index contributed by atoms with van der Waals surface area (Å²) in [5.74, 6) is -1.38. The van der Waals surface area contributed by atoms with E-state index < -0.39 is 11.8 Å². The minimum absolute atomic E-state index is 0.0464. The molecule has 9 nitrogen and oxygen atoms in total. The van der Waals surface area contributed by atoms with Gasteiger partial charge in [0.1, 0.15) is 11.5 Å². The van der Waals surface area contributed by atoms with Crippen molar-refractivity contribution >= 4 is 11.8 Å². The van der Waals surface area contributed by atoms with Gasteiger partial charge in [-0.15, -0.1) is 0 Å². The molecule has 0 saturated carbocycles. The Morgan fingerprint density at radius 3 is 1.48 bits per heavy atom. The highest BCUT2D eigenvalue weighted by Crippen LogP contribution is 2.27. The molecular weight excluding hydrogens is 530 g/mol. The summed E-state index contributed by atoms with van der Waals surface area (Å²) in [4.78, 5) is 30.9. The molecule has 1 saturated heterocycles. The number of aryl methyl sites for hydroxylation is 2. The third-order valence-electron chi connectivity index (χ3n) is 7.86. The molecule has 0 spiro atoms. The van der Waals surface area contributed by atoms with Crippen LogP contribution in [0.4, 0.5) is 0 Å². The Kier molecular flexibility index (Phi) is 10.6. The number of amides is 2. The molecule has 0 aromatic heterocycles. The van der Waals surface area contributed by atoms with Gasteiger partial charge >= 0.3 is 0 Å². The van der Waals surface area contributed by atoms with Gasteiger partial charge in [-0.2, -0.15) is 0 Å². The standard InChI is InChI=1S/C33H43N5O4/c1-23-16-26(30(39)28(18-23)32(34)41)21-36-10-6-12-37(20-25-8-4-3-5-9-25)14-15-38(13-7-11-36)22-27-17-24(2)19-29(31(27)40)33(35)42/h3-5,8-9,16-19,39-40H,6-7,10-15,20-22H2,1-2H3,(H2,34,41)(H2,35,42). The fourth-order valence-electron chi connectivity index (χ4n) is 5.78. The molecule has 0 radical (unpaired) electrons. The quantitative estimate of drug-likeness (QED) is 0.324. The summed E-state index contributed by atoms with van der Waals surface area (Å²) in [5, 5.41) is 21.7. The minimum atomic E-state index is -0.640. The van der Waals surface area contributed by atoms with Crippen LogP contribution >= 0.6 is 0 Å². The van der Waals surface area contributed by atoms with E-state index >= 15 is 0 Å². The van der Waals surface area contributed by atoms with E-state index in [0.29, 0.717) is 24.2 Å². The molecule has 1 fully saturated rings. The van der Waals surface area contributed by atoms with E-state index in [1.807, 2.05) is 32.0 Å². The van der Waals surface area contributed by atoms with E-state index in [0.717, 1.165) is 69.8 Å². The fourth-order valence-corrected chi connectivity index (χ4v) is 5.78. The minimum Gasteiger partial charge on any atom is -0.507 e. The zero-order valence-corrected chi connectivity index (χ0v) is 24.7. The average molecular weight is 574 g/mol. The van der Waals surface area contributed by atoms with Crippen LogP contribution in [-0.4, -0.2) is 76.0 Å². The number of nitrogens with zero attached hydrogens (tertiary/aromatic N) is 3. The van der Waals surface area contributed by atoms with Crippen molar-refractivity contribution in [2.75, 3.05) is 39.3 Å². The van der Waals surface area contributed by atoms with Crippen LogP contribution in [0.15, 0.2) is 54.6 Å². The number of carbonyl (C=O) groups excluding carboxylic acids is 2. The lowest BCUT2D eigenvalue weighted by molar-refractivity contribution is 0.0988. The Bertz CT molecular complexity index is 1390. The molecule has 42 heavy (non-hydrogen) atoms. The molecule has 224 valence electrons. The van der Waals surface area contributed by atoms with Crippen molar-refractivity contribution in [1.29, 1.82) is 0 Å². The summed E-state index contributed by atoms with van der Waals surface area (Å²) in [5.41, 5.74) is 15.7. The highest BCUT2D eigenvalue weighted by Gasteiger charge is 2.20. The molecule has 3 aromatic carbocycles. The summed E-state index contributed by atoms with van der Waals surface area (Å²) in [6.07, 6.45) is 1.81. The second-order valence-corrected chi connectivity index (χ2v) is 11.4. The van der Waals surface area contributed by atoms with Crippen LogP contribution in [0.5, 0.6) is 11.5 Å². The summed E-state index contributed by atoms with van der Waals surface area (Å²) in [6.45, 7) is 10.6. The smallest absolute Gasteiger partial charge is 0.252 e. The molecular formula is C33H43N5O4. The van der Waals surface area contributed by atoms with Crippen molar-refractivity contribution in [2.45, 2.75) is 46.3 Å². The van der Waals surface area contributed by atoms with E-state index in [9.17, 15) is 19.8 Å². The molecule has 6 N–H and O–H groups in total. The van der Waals surface area contributed by atoms with Crippen molar-refractivity contribution in [3.05, 3.63) is 93.5 Å². The highest BCUT2D eigenvalue weighted by molar-refractivity contribution is 5.96. The van der Waals surface area contributed by atoms with E-state index in [2.05, 4.69) is 39.0 Å². The first-order chi connectivity index (χ1) is 20.1. The lowest BCUT2D eigenvalue weighted by atomic mass is 10.0. The predicted octanol–water partition coefficient (Wildman–Crippen LogP) is 3.51. The Labute approximate surface area is 248 Å². The van der Waals surface area contributed by atoms with Crippen LogP contribution in [0.2, 0.25) is 0 Å². The van der Waals surface area contributed by atoms with Crippen LogP contribution < -0.4 is 11.5 Å². The SMILES string of the molecule is Cc1cc(CN2CCCN(Cc3ccccc3)CCN(Cc3cc(C)cc(C(N)=O)c3O)CCC2)c(O)c(C(N)=O)c1. The van der Waals surface area contributed by atoms with Crippen LogP contribution in [0.1, 0.15) is 61.4 Å². The summed E-state index contributed by atoms with van der Waals surface area (Å²) in [6, 6.07) is 17.5. The number of aromatic hydroxyl groups is 2. The number of phenols is 2. The van der Waals surface area contributed by atoms with Crippen molar-refractivity contribution < 1.29 is 19.8 Å². The third kappa shape index (κ3) is 8.31. The van der Waals surface area contributed by atoms with Gasteiger partial charge in [-0.1, -0.05) is 42.5 Å². The highest BCUT2D eigenvalue weighted by atomic mass is 16.3. The normalized spacial score (nSPS) is 16.1. The van der Waals surface area contributed by atoms with E-state index in [4.69, 9.17) is 11.5 Å². The molecule has 3 aromatic rings. The summed E-state index contributed by atoms with van der Waals surface area (Å²) >= 11 is 0. The third-order valence-corrected chi connectivity index (χ3v) is 7.86. The first-order valence-electron chi connectivity index (χ1n) is 14.6. The lowest BCUT2D eigenvalue weighted by Gasteiger charge is -2.28.